The van der Waals surface area contributed by atoms with Crippen LogP contribution in [0.25, 0.3) is 0 Å². The molecule has 0 radical (unpaired) electrons. The van der Waals surface area contributed by atoms with Gasteiger partial charge in [0.25, 0.3) is 0 Å². The second kappa shape index (κ2) is 6.03. The number of hydrogen-bond acceptors (Lipinski definition) is 3. The van der Waals surface area contributed by atoms with Crippen LogP contribution in [-0.4, -0.2) is 19.7 Å². The second-order valence-corrected chi connectivity index (χ2v) is 4.64. The fraction of sp³-hybridized carbons (Fsp3) is 0.571. The molecule has 0 aromatic heterocycles. The van der Waals surface area contributed by atoms with E-state index in [4.69, 9.17) is 10.5 Å². The van der Waals surface area contributed by atoms with Crippen molar-refractivity contribution in [1.82, 2.24) is 5.32 Å². The van der Waals surface area contributed by atoms with Gasteiger partial charge in [0.1, 0.15) is 5.75 Å². The van der Waals surface area contributed by atoms with E-state index in [-0.39, 0.29) is 6.04 Å². The Morgan fingerprint density at radius 1 is 1.35 bits per heavy atom. The highest BCUT2D eigenvalue weighted by molar-refractivity contribution is 5.29. The van der Waals surface area contributed by atoms with E-state index in [1.54, 1.807) is 0 Å². The molecule has 1 saturated carbocycles. The highest BCUT2D eigenvalue weighted by atomic mass is 16.5. The van der Waals surface area contributed by atoms with Gasteiger partial charge in [-0.2, -0.15) is 0 Å². The van der Waals surface area contributed by atoms with Crippen LogP contribution in [-0.2, 0) is 0 Å². The van der Waals surface area contributed by atoms with Crippen LogP contribution in [0.3, 0.4) is 0 Å². The van der Waals surface area contributed by atoms with Gasteiger partial charge in [-0.05, 0) is 49.9 Å². The third-order valence-electron chi connectivity index (χ3n) is 3.18. The van der Waals surface area contributed by atoms with E-state index in [9.17, 15) is 0 Å². The van der Waals surface area contributed by atoms with Crippen LogP contribution in [0.5, 0.6) is 5.75 Å². The van der Waals surface area contributed by atoms with Gasteiger partial charge in [-0.3, -0.25) is 0 Å². The predicted molar refractivity (Wildman–Crippen MR) is 70.1 cm³/mol. The molecule has 0 bridgehead atoms. The molecule has 1 fully saturated rings. The summed E-state index contributed by atoms with van der Waals surface area (Å²) in [6.45, 7) is 4.43. The van der Waals surface area contributed by atoms with E-state index in [1.807, 2.05) is 19.1 Å². The fourth-order valence-electron chi connectivity index (χ4n) is 1.93. The molecule has 1 unspecified atom stereocenters. The van der Waals surface area contributed by atoms with Crippen molar-refractivity contribution in [1.29, 1.82) is 0 Å². The molecular formula is C14H22N2O. The maximum absolute atomic E-state index is 5.81. The van der Waals surface area contributed by atoms with E-state index < -0.39 is 0 Å². The third kappa shape index (κ3) is 3.72. The normalized spacial score (nSPS) is 16.8. The topological polar surface area (TPSA) is 47.3 Å². The Balaban J connectivity index is 1.92. The first-order chi connectivity index (χ1) is 8.33. The van der Waals surface area contributed by atoms with Crippen molar-refractivity contribution in [2.75, 3.05) is 19.7 Å². The Kier molecular flexibility index (Phi) is 4.40. The summed E-state index contributed by atoms with van der Waals surface area (Å²) < 4.78 is 5.43. The van der Waals surface area contributed by atoms with Crippen LogP contribution >= 0.6 is 0 Å². The Morgan fingerprint density at radius 2 is 2.06 bits per heavy atom. The van der Waals surface area contributed by atoms with Gasteiger partial charge in [-0.25, -0.2) is 0 Å². The van der Waals surface area contributed by atoms with Gasteiger partial charge in [0.15, 0.2) is 0 Å². The van der Waals surface area contributed by atoms with Crippen LogP contribution in [0.2, 0.25) is 0 Å². The summed E-state index contributed by atoms with van der Waals surface area (Å²) in [6.07, 6.45) is 2.74. The number of hydrogen-bond donors (Lipinski definition) is 2. The summed E-state index contributed by atoms with van der Waals surface area (Å²) in [5.41, 5.74) is 7.06. The minimum Gasteiger partial charge on any atom is -0.494 e. The first-order valence-electron chi connectivity index (χ1n) is 6.49. The molecule has 3 heteroatoms. The monoisotopic (exact) mass is 234 g/mol. The molecule has 3 N–H and O–H groups in total. The molecule has 0 aliphatic heterocycles. The van der Waals surface area contributed by atoms with Crippen molar-refractivity contribution in [2.24, 2.45) is 11.7 Å². The van der Waals surface area contributed by atoms with E-state index in [0.29, 0.717) is 13.2 Å². The Labute approximate surface area is 103 Å². The molecule has 17 heavy (non-hydrogen) atoms. The molecule has 0 heterocycles. The van der Waals surface area contributed by atoms with Crippen molar-refractivity contribution in [2.45, 2.75) is 25.8 Å². The van der Waals surface area contributed by atoms with Crippen LogP contribution in [0.1, 0.15) is 31.4 Å². The van der Waals surface area contributed by atoms with Gasteiger partial charge in [-0.1, -0.05) is 12.1 Å². The van der Waals surface area contributed by atoms with Gasteiger partial charge in [-0.15, -0.1) is 0 Å². The molecule has 1 aliphatic carbocycles. The zero-order valence-electron chi connectivity index (χ0n) is 10.5. The van der Waals surface area contributed by atoms with Crippen molar-refractivity contribution >= 4 is 0 Å². The molecule has 1 aromatic rings. The molecule has 2 rings (SSSR count). The maximum Gasteiger partial charge on any atom is 0.119 e. The van der Waals surface area contributed by atoms with Crippen molar-refractivity contribution in [3.05, 3.63) is 29.8 Å². The van der Waals surface area contributed by atoms with Gasteiger partial charge in [0, 0.05) is 12.6 Å². The minimum atomic E-state index is 0.270. The molecule has 94 valence electrons. The molecule has 0 saturated heterocycles. The summed E-state index contributed by atoms with van der Waals surface area (Å²) in [5, 5.41) is 3.53. The van der Waals surface area contributed by atoms with Gasteiger partial charge in [0.05, 0.1) is 6.61 Å². The first kappa shape index (κ1) is 12.4. The van der Waals surface area contributed by atoms with Gasteiger partial charge in [0.2, 0.25) is 0 Å². The number of benzene rings is 1. The standard InChI is InChI=1S/C14H22N2O/c1-2-17-13-7-5-12(6-8-13)14(9-15)16-10-11-3-4-11/h5-8,11,14,16H,2-4,9-10,15H2,1H3. The van der Waals surface area contributed by atoms with Crippen LogP contribution in [0.15, 0.2) is 24.3 Å². The Bertz CT molecular complexity index is 333. The van der Waals surface area contributed by atoms with Crippen molar-refractivity contribution in [3.63, 3.8) is 0 Å². The van der Waals surface area contributed by atoms with Gasteiger partial charge >= 0.3 is 0 Å². The van der Waals surface area contributed by atoms with Crippen LogP contribution in [0, 0.1) is 5.92 Å². The number of nitrogens with two attached hydrogens (primary N) is 1. The van der Waals surface area contributed by atoms with E-state index >= 15 is 0 Å². The molecule has 3 nitrogen and oxygen atoms in total. The highest BCUT2D eigenvalue weighted by Gasteiger charge is 2.22. The second-order valence-electron chi connectivity index (χ2n) is 4.64. The summed E-state index contributed by atoms with van der Waals surface area (Å²) >= 11 is 0. The van der Waals surface area contributed by atoms with Crippen molar-refractivity contribution in [3.8, 4) is 5.75 Å². The lowest BCUT2D eigenvalue weighted by Crippen LogP contribution is -2.29. The average Bonchev–Trinajstić information content (AvgIpc) is 3.16. The number of ether oxygens (including phenoxy) is 1. The highest BCUT2D eigenvalue weighted by Crippen LogP contribution is 2.28. The lowest BCUT2D eigenvalue weighted by molar-refractivity contribution is 0.340. The molecule has 1 aliphatic rings. The Morgan fingerprint density at radius 3 is 2.59 bits per heavy atom. The smallest absolute Gasteiger partial charge is 0.119 e. The number of nitrogens with one attached hydrogen (secondary N) is 1. The lowest BCUT2D eigenvalue weighted by atomic mass is 10.1. The largest absolute Gasteiger partial charge is 0.494 e. The van der Waals surface area contributed by atoms with E-state index in [0.717, 1.165) is 18.2 Å². The fourth-order valence-corrected chi connectivity index (χ4v) is 1.93. The van der Waals surface area contributed by atoms with Crippen molar-refractivity contribution < 1.29 is 4.74 Å². The molecule has 0 spiro atoms. The summed E-state index contributed by atoms with van der Waals surface area (Å²) in [5.74, 6) is 1.81. The van der Waals surface area contributed by atoms with E-state index in [1.165, 1.54) is 18.4 Å². The van der Waals surface area contributed by atoms with Crippen LogP contribution in [0.4, 0.5) is 0 Å². The molecule has 0 amide bonds. The SMILES string of the molecule is CCOc1ccc(C(CN)NCC2CC2)cc1. The van der Waals surface area contributed by atoms with E-state index in [2.05, 4.69) is 17.4 Å². The lowest BCUT2D eigenvalue weighted by Gasteiger charge is -2.17. The predicted octanol–water partition coefficient (Wildman–Crippen LogP) is 2.08. The number of rotatable bonds is 7. The third-order valence-corrected chi connectivity index (χ3v) is 3.18. The maximum atomic E-state index is 5.81. The Hall–Kier alpha value is -1.06. The molecular weight excluding hydrogens is 212 g/mol. The zero-order valence-corrected chi connectivity index (χ0v) is 10.5. The zero-order chi connectivity index (χ0) is 12.1. The molecule has 1 aromatic carbocycles. The average molecular weight is 234 g/mol. The summed E-state index contributed by atoms with van der Waals surface area (Å²) in [7, 11) is 0. The molecule has 1 atom stereocenters. The summed E-state index contributed by atoms with van der Waals surface area (Å²) in [6, 6.07) is 8.50. The first-order valence-corrected chi connectivity index (χ1v) is 6.49. The summed E-state index contributed by atoms with van der Waals surface area (Å²) in [4.78, 5) is 0. The van der Waals surface area contributed by atoms with Crippen LogP contribution < -0.4 is 15.8 Å². The quantitative estimate of drug-likeness (QED) is 0.759. The van der Waals surface area contributed by atoms with Gasteiger partial charge < -0.3 is 15.8 Å². The minimum absolute atomic E-state index is 0.270.